The Hall–Kier alpha value is -1.14. The minimum absolute atomic E-state index is 0.214. The quantitative estimate of drug-likeness (QED) is 0.813. The van der Waals surface area contributed by atoms with Crippen molar-refractivity contribution < 1.29 is 4.79 Å². The second-order valence-corrected chi connectivity index (χ2v) is 5.47. The molecule has 0 unspecified atom stereocenters. The van der Waals surface area contributed by atoms with Gasteiger partial charge in [0.2, 0.25) is 0 Å². The fourth-order valence-corrected chi connectivity index (χ4v) is 2.28. The molecule has 0 bridgehead atoms. The highest BCUT2D eigenvalue weighted by molar-refractivity contribution is 14.1. The summed E-state index contributed by atoms with van der Waals surface area (Å²) in [5, 5.41) is 3.31. The van der Waals surface area contributed by atoms with E-state index < -0.39 is 0 Å². The summed E-state index contributed by atoms with van der Waals surface area (Å²) in [6.45, 7) is 1.91. The third-order valence-corrected chi connectivity index (χ3v) is 3.19. The van der Waals surface area contributed by atoms with Crippen LogP contribution in [0.1, 0.15) is 15.9 Å². The van der Waals surface area contributed by atoms with Crippen LogP contribution in [-0.2, 0) is 0 Å². The van der Waals surface area contributed by atoms with E-state index in [2.05, 4.69) is 32.9 Å². The molecule has 0 aliphatic heterocycles. The van der Waals surface area contributed by atoms with Crippen molar-refractivity contribution in [3.05, 3.63) is 56.2 Å². The number of pyridine rings is 1. The lowest BCUT2D eigenvalue weighted by Crippen LogP contribution is -2.13. The number of halogens is 2. The van der Waals surface area contributed by atoms with Crippen LogP contribution in [0.2, 0.25) is 5.02 Å². The van der Waals surface area contributed by atoms with Crippen LogP contribution in [0.3, 0.4) is 0 Å². The Balaban J connectivity index is 2.21. The zero-order chi connectivity index (χ0) is 13.1. The highest BCUT2D eigenvalue weighted by atomic mass is 127. The van der Waals surface area contributed by atoms with Gasteiger partial charge in [0, 0.05) is 20.4 Å². The summed E-state index contributed by atoms with van der Waals surface area (Å²) in [4.78, 5) is 16.2. The summed E-state index contributed by atoms with van der Waals surface area (Å²) in [5.41, 5.74) is 1.44. The number of carbonyl (C=O) groups excluding carboxylic acids is 1. The van der Waals surface area contributed by atoms with E-state index in [1.54, 1.807) is 30.5 Å². The molecule has 0 spiro atoms. The molecule has 1 aromatic heterocycles. The first-order valence-electron chi connectivity index (χ1n) is 5.25. The average molecular weight is 373 g/mol. The van der Waals surface area contributed by atoms with Gasteiger partial charge in [-0.05, 0) is 59.3 Å². The maximum atomic E-state index is 12.0. The van der Waals surface area contributed by atoms with Gasteiger partial charge in [-0.25, -0.2) is 4.98 Å². The number of nitrogens with one attached hydrogen (secondary N) is 1. The van der Waals surface area contributed by atoms with Crippen LogP contribution in [0.5, 0.6) is 0 Å². The number of carbonyl (C=O) groups is 1. The van der Waals surface area contributed by atoms with Gasteiger partial charge in [-0.3, -0.25) is 4.79 Å². The van der Waals surface area contributed by atoms with E-state index >= 15 is 0 Å². The molecule has 1 amide bonds. The van der Waals surface area contributed by atoms with Crippen LogP contribution in [0.15, 0.2) is 36.5 Å². The topological polar surface area (TPSA) is 42.0 Å². The number of benzene rings is 1. The van der Waals surface area contributed by atoms with Gasteiger partial charge in [-0.15, -0.1) is 0 Å². The molecular formula is C13H10ClIN2O. The first-order valence-corrected chi connectivity index (χ1v) is 6.71. The van der Waals surface area contributed by atoms with Crippen LogP contribution >= 0.6 is 34.2 Å². The molecule has 2 aromatic rings. The number of hydrogen-bond acceptors (Lipinski definition) is 2. The predicted molar refractivity (Wildman–Crippen MR) is 81.1 cm³/mol. The van der Waals surface area contributed by atoms with E-state index in [9.17, 15) is 4.79 Å². The van der Waals surface area contributed by atoms with E-state index in [1.807, 2.05) is 13.0 Å². The van der Waals surface area contributed by atoms with Gasteiger partial charge in [0.15, 0.2) is 0 Å². The Labute approximate surface area is 124 Å². The van der Waals surface area contributed by atoms with Crippen LogP contribution in [0.25, 0.3) is 0 Å². The van der Waals surface area contributed by atoms with Crippen LogP contribution in [-0.4, -0.2) is 10.9 Å². The van der Waals surface area contributed by atoms with Crippen LogP contribution in [0, 0.1) is 10.5 Å². The van der Waals surface area contributed by atoms with Crippen LogP contribution in [0.4, 0.5) is 5.82 Å². The molecule has 0 aliphatic carbocycles. The predicted octanol–water partition coefficient (Wildman–Crippen LogP) is 3.90. The highest BCUT2D eigenvalue weighted by Crippen LogP contribution is 2.16. The van der Waals surface area contributed by atoms with Gasteiger partial charge >= 0.3 is 0 Å². The Morgan fingerprint density at radius 3 is 2.83 bits per heavy atom. The van der Waals surface area contributed by atoms with Gasteiger partial charge in [-0.1, -0.05) is 17.7 Å². The molecular weight excluding hydrogens is 363 g/mol. The number of nitrogens with zero attached hydrogens (tertiary/aromatic N) is 1. The zero-order valence-corrected chi connectivity index (χ0v) is 12.5. The number of hydrogen-bond donors (Lipinski definition) is 1. The number of aryl methyl sites for hydroxylation is 1. The fraction of sp³-hybridized carbons (Fsp3) is 0.0769. The molecule has 0 radical (unpaired) electrons. The molecule has 0 fully saturated rings. The standard InChI is InChI=1S/C13H10ClIN2O/c1-8-5-11(15)7-16-12(8)17-13(18)9-3-2-4-10(14)6-9/h2-7H,1H3,(H,16,17,18). The molecule has 1 aromatic carbocycles. The smallest absolute Gasteiger partial charge is 0.256 e. The zero-order valence-electron chi connectivity index (χ0n) is 9.58. The Morgan fingerprint density at radius 1 is 1.39 bits per heavy atom. The van der Waals surface area contributed by atoms with Crippen molar-refractivity contribution in [3.63, 3.8) is 0 Å². The molecule has 0 saturated carbocycles. The van der Waals surface area contributed by atoms with Crippen molar-refractivity contribution in [1.29, 1.82) is 0 Å². The van der Waals surface area contributed by atoms with Crippen LogP contribution < -0.4 is 5.32 Å². The van der Waals surface area contributed by atoms with Gasteiger partial charge < -0.3 is 5.32 Å². The van der Waals surface area contributed by atoms with Crippen molar-refractivity contribution in [2.24, 2.45) is 0 Å². The molecule has 18 heavy (non-hydrogen) atoms. The number of aromatic nitrogens is 1. The SMILES string of the molecule is Cc1cc(I)cnc1NC(=O)c1cccc(Cl)c1. The lowest BCUT2D eigenvalue weighted by molar-refractivity contribution is 0.102. The fourth-order valence-electron chi connectivity index (χ4n) is 1.48. The Bertz CT molecular complexity index is 601. The first-order chi connectivity index (χ1) is 8.56. The Morgan fingerprint density at radius 2 is 2.17 bits per heavy atom. The summed E-state index contributed by atoms with van der Waals surface area (Å²) >= 11 is 8.03. The van der Waals surface area contributed by atoms with Crippen molar-refractivity contribution in [2.45, 2.75) is 6.92 Å². The van der Waals surface area contributed by atoms with Gasteiger partial charge in [0.05, 0.1) is 0 Å². The van der Waals surface area contributed by atoms with Gasteiger partial charge in [0.25, 0.3) is 5.91 Å². The molecule has 1 heterocycles. The van der Waals surface area contributed by atoms with E-state index in [1.165, 1.54) is 0 Å². The molecule has 0 aliphatic rings. The van der Waals surface area contributed by atoms with Crippen molar-refractivity contribution in [3.8, 4) is 0 Å². The molecule has 1 N–H and O–H groups in total. The number of amides is 1. The average Bonchev–Trinajstić information content (AvgIpc) is 2.32. The molecule has 0 saturated heterocycles. The molecule has 2 rings (SSSR count). The van der Waals surface area contributed by atoms with E-state index in [0.717, 1.165) is 9.13 Å². The third-order valence-electron chi connectivity index (χ3n) is 2.36. The van der Waals surface area contributed by atoms with Gasteiger partial charge in [-0.2, -0.15) is 0 Å². The Kier molecular flexibility index (Phi) is 4.19. The third kappa shape index (κ3) is 3.20. The summed E-state index contributed by atoms with van der Waals surface area (Å²) in [6, 6.07) is 8.77. The van der Waals surface area contributed by atoms with Crippen molar-refractivity contribution in [1.82, 2.24) is 4.98 Å². The summed E-state index contributed by atoms with van der Waals surface area (Å²) in [7, 11) is 0. The molecule has 3 nitrogen and oxygen atoms in total. The van der Waals surface area contributed by atoms with E-state index in [0.29, 0.717) is 16.4 Å². The number of rotatable bonds is 2. The lowest BCUT2D eigenvalue weighted by atomic mass is 10.2. The van der Waals surface area contributed by atoms with Crippen molar-refractivity contribution >= 4 is 45.9 Å². The summed E-state index contributed by atoms with van der Waals surface area (Å²) in [5.74, 6) is 0.356. The van der Waals surface area contributed by atoms with E-state index in [4.69, 9.17) is 11.6 Å². The van der Waals surface area contributed by atoms with E-state index in [-0.39, 0.29) is 5.91 Å². The largest absolute Gasteiger partial charge is 0.306 e. The maximum Gasteiger partial charge on any atom is 0.256 e. The minimum Gasteiger partial charge on any atom is -0.306 e. The normalized spacial score (nSPS) is 10.2. The second-order valence-electron chi connectivity index (χ2n) is 3.78. The molecule has 5 heteroatoms. The van der Waals surface area contributed by atoms with Crippen molar-refractivity contribution in [2.75, 3.05) is 5.32 Å². The highest BCUT2D eigenvalue weighted by Gasteiger charge is 2.09. The maximum absolute atomic E-state index is 12.0. The monoisotopic (exact) mass is 372 g/mol. The second kappa shape index (κ2) is 5.67. The number of anilines is 1. The summed E-state index contributed by atoms with van der Waals surface area (Å²) in [6.07, 6.45) is 1.71. The first kappa shape index (κ1) is 13.3. The lowest BCUT2D eigenvalue weighted by Gasteiger charge is -2.07. The summed E-state index contributed by atoms with van der Waals surface area (Å²) < 4.78 is 1.03. The molecule has 92 valence electrons. The molecule has 0 atom stereocenters. The minimum atomic E-state index is -0.214. The van der Waals surface area contributed by atoms with Gasteiger partial charge in [0.1, 0.15) is 5.82 Å².